The van der Waals surface area contributed by atoms with E-state index in [0.717, 1.165) is 11.3 Å². The lowest BCUT2D eigenvalue weighted by Gasteiger charge is -2.39. The molecule has 1 atom stereocenters. The van der Waals surface area contributed by atoms with E-state index in [-0.39, 0.29) is 5.91 Å². The molecule has 0 saturated heterocycles. The van der Waals surface area contributed by atoms with Crippen LogP contribution in [0.2, 0.25) is 0 Å². The van der Waals surface area contributed by atoms with Crippen LogP contribution in [0.15, 0.2) is 66.7 Å². The second kappa shape index (κ2) is 7.75. The van der Waals surface area contributed by atoms with Crippen LogP contribution in [-0.4, -0.2) is 27.2 Å². The Labute approximate surface area is 169 Å². The standard InChI is InChI=1S/C23H22N2O4/c1-27-19-13-7-6-12-18(19)25-22(16-10-8-14-20(28-2)21(16)29-3)24-17-11-5-4-9-15(17)23(25)26/h4-14,22,24H,1-3H3/t22-/m1/s1. The Morgan fingerprint density at radius 3 is 2.24 bits per heavy atom. The van der Waals surface area contributed by atoms with Gasteiger partial charge < -0.3 is 19.5 Å². The van der Waals surface area contributed by atoms with Gasteiger partial charge in [-0.05, 0) is 30.3 Å². The van der Waals surface area contributed by atoms with Crippen LogP contribution in [0.3, 0.4) is 0 Å². The number of anilines is 2. The average Bonchev–Trinajstić information content (AvgIpc) is 2.78. The van der Waals surface area contributed by atoms with Crippen molar-refractivity contribution in [1.29, 1.82) is 0 Å². The second-order valence-electron chi connectivity index (χ2n) is 6.52. The maximum atomic E-state index is 13.6. The van der Waals surface area contributed by atoms with Crippen molar-refractivity contribution in [3.05, 3.63) is 77.9 Å². The van der Waals surface area contributed by atoms with Gasteiger partial charge in [0.15, 0.2) is 11.5 Å². The molecule has 29 heavy (non-hydrogen) atoms. The van der Waals surface area contributed by atoms with Crippen LogP contribution in [0, 0.1) is 0 Å². The summed E-state index contributed by atoms with van der Waals surface area (Å²) in [6.45, 7) is 0. The van der Waals surface area contributed by atoms with E-state index in [4.69, 9.17) is 14.2 Å². The summed E-state index contributed by atoms with van der Waals surface area (Å²) in [7, 11) is 4.78. The molecule has 0 bridgehead atoms. The third kappa shape index (κ3) is 3.12. The molecular formula is C23H22N2O4. The number of carbonyl (C=O) groups excluding carboxylic acids is 1. The first-order chi connectivity index (χ1) is 14.2. The van der Waals surface area contributed by atoms with Crippen molar-refractivity contribution in [2.45, 2.75) is 6.17 Å². The van der Waals surface area contributed by atoms with Crippen molar-refractivity contribution in [2.24, 2.45) is 0 Å². The fourth-order valence-corrected chi connectivity index (χ4v) is 3.68. The summed E-state index contributed by atoms with van der Waals surface area (Å²) in [5.41, 5.74) is 2.80. The van der Waals surface area contributed by atoms with E-state index >= 15 is 0 Å². The van der Waals surface area contributed by atoms with Gasteiger partial charge in [0.05, 0.1) is 32.6 Å². The number of nitrogens with one attached hydrogen (secondary N) is 1. The highest BCUT2D eigenvalue weighted by Gasteiger charge is 2.37. The van der Waals surface area contributed by atoms with Gasteiger partial charge in [-0.1, -0.05) is 36.4 Å². The molecule has 1 amide bonds. The summed E-state index contributed by atoms with van der Waals surface area (Å²) in [6, 6.07) is 20.5. The molecule has 6 heteroatoms. The van der Waals surface area contributed by atoms with Crippen molar-refractivity contribution in [1.82, 2.24) is 0 Å². The van der Waals surface area contributed by atoms with Crippen molar-refractivity contribution >= 4 is 17.3 Å². The number of hydrogen-bond donors (Lipinski definition) is 1. The van der Waals surface area contributed by atoms with Crippen molar-refractivity contribution in [3.8, 4) is 17.2 Å². The normalized spacial score (nSPS) is 15.3. The lowest BCUT2D eigenvalue weighted by molar-refractivity contribution is 0.0973. The van der Waals surface area contributed by atoms with E-state index in [0.29, 0.717) is 28.5 Å². The number of nitrogens with zero attached hydrogens (tertiary/aromatic N) is 1. The van der Waals surface area contributed by atoms with E-state index in [2.05, 4.69) is 5.32 Å². The molecule has 0 unspecified atom stereocenters. The van der Waals surface area contributed by atoms with E-state index < -0.39 is 6.17 Å². The van der Waals surface area contributed by atoms with E-state index in [1.54, 1.807) is 26.2 Å². The van der Waals surface area contributed by atoms with Crippen LogP contribution in [0.4, 0.5) is 11.4 Å². The molecule has 3 aromatic rings. The maximum Gasteiger partial charge on any atom is 0.262 e. The van der Waals surface area contributed by atoms with E-state index in [1.165, 1.54) is 0 Å². The number of amides is 1. The molecule has 1 heterocycles. The Morgan fingerprint density at radius 2 is 1.48 bits per heavy atom. The maximum absolute atomic E-state index is 13.6. The SMILES string of the molecule is COc1ccccc1N1C(=O)c2ccccc2N[C@H]1c1cccc(OC)c1OC. The molecule has 1 aliphatic rings. The first-order valence-electron chi connectivity index (χ1n) is 9.22. The third-order valence-corrected chi connectivity index (χ3v) is 5.00. The van der Waals surface area contributed by atoms with E-state index in [9.17, 15) is 4.79 Å². The summed E-state index contributed by atoms with van der Waals surface area (Å²) in [4.78, 5) is 15.3. The Hall–Kier alpha value is -3.67. The lowest BCUT2D eigenvalue weighted by Crippen LogP contribution is -2.43. The van der Waals surface area contributed by atoms with Gasteiger partial charge >= 0.3 is 0 Å². The van der Waals surface area contributed by atoms with Crippen LogP contribution >= 0.6 is 0 Å². The lowest BCUT2D eigenvalue weighted by atomic mass is 10.0. The van der Waals surface area contributed by atoms with Crippen molar-refractivity contribution < 1.29 is 19.0 Å². The molecule has 0 spiro atoms. The molecule has 1 aliphatic heterocycles. The van der Waals surface area contributed by atoms with Crippen LogP contribution in [-0.2, 0) is 0 Å². The predicted octanol–water partition coefficient (Wildman–Crippen LogP) is 4.48. The van der Waals surface area contributed by atoms with Crippen LogP contribution in [0.25, 0.3) is 0 Å². The van der Waals surface area contributed by atoms with Gasteiger partial charge in [-0.2, -0.15) is 0 Å². The Bertz CT molecular complexity index is 1050. The largest absolute Gasteiger partial charge is 0.495 e. The summed E-state index contributed by atoms with van der Waals surface area (Å²) in [5.74, 6) is 1.64. The Morgan fingerprint density at radius 1 is 0.793 bits per heavy atom. The zero-order chi connectivity index (χ0) is 20.4. The number of ether oxygens (including phenoxy) is 3. The molecule has 0 aromatic heterocycles. The number of carbonyl (C=O) groups is 1. The van der Waals surface area contributed by atoms with Gasteiger partial charge in [0.2, 0.25) is 0 Å². The Kier molecular flexibility index (Phi) is 4.99. The highest BCUT2D eigenvalue weighted by atomic mass is 16.5. The summed E-state index contributed by atoms with van der Waals surface area (Å²) in [6.07, 6.45) is -0.515. The second-order valence-corrected chi connectivity index (χ2v) is 6.52. The highest BCUT2D eigenvalue weighted by Crippen LogP contribution is 2.44. The minimum absolute atomic E-state index is 0.126. The molecule has 0 aliphatic carbocycles. The van der Waals surface area contributed by atoms with Gasteiger partial charge in [0.25, 0.3) is 5.91 Å². The smallest absolute Gasteiger partial charge is 0.262 e. The molecule has 4 rings (SSSR count). The van der Waals surface area contributed by atoms with E-state index in [1.807, 2.05) is 66.7 Å². The molecular weight excluding hydrogens is 368 g/mol. The minimum atomic E-state index is -0.515. The van der Waals surface area contributed by atoms with Gasteiger partial charge in [-0.3, -0.25) is 9.69 Å². The van der Waals surface area contributed by atoms with Crippen molar-refractivity contribution in [3.63, 3.8) is 0 Å². The molecule has 0 saturated carbocycles. The number of para-hydroxylation sites is 4. The molecule has 0 radical (unpaired) electrons. The highest BCUT2D eigenvalue weighted by molar-refractivity contribution is 6.12. The third-order valence-electron chi connectivity index (χ3n) is 5.00. The minimum Gasteiger partial charge on any atom is -0.495 e. The Balaban J connectivity index is 1.94. The summed E-state index contributed by atoms with van der Waals surface area (Å²) >= 11 is 0. The first-order valence-corrected chi connectivity index (χ1v) is 9.22. The summed E-state index contributed by atoms with van der Waals surface area (Å²) < 4.78 is 16.7. The molecule has 1 N–H and O–H groups in total. The molecule has 148 valence electrons. The monoisotopic (exact) mass is 390 g/mol. The number of benzene rings is 3. The van der Waals surface area contributed by atoms with Gasteiger partial charge in [-0.15, -0.1) is 0 Å². The quantitative estimate of drug-likeness (QED) is 0.696. The predicted molar refractivity (Wildman–Crippen MR) is 112 cm³/mol. The van der Waals surface area contributed by atoms with Gasteiger partial charge in [-0.25, -0.2) is 0 Å². The van der Waals surface area contributed by atoms with Crippen LogP contribution in [0.1, 0.15) is 22.1 Å². The zero-order valence-electron chi connectivity index (χ0n) is 16.5. The van der Waals surface area contributed by atoms with Crippen molar-refractivity contribution in [2.75, 3.05) is 31.5 Å². The fourth-order valence-electron chi connectivity index (χ4n) is 3.68. The van der Waals surface area contributed by atoms with Gasteiger partial charge in [0.1, 0.15) is 11.9 Å². The number of fused-ring (bicyclic) bond motifs is 1. The molecule has 6 nitrogen and oxygen atoms in total. The average molecular weight is 390 g/mol. The first kappa shape index (κ1) is 18.7. The van der Waals surface area contributed by atoms with Crippen LogP contribution < -0.4 is 24.4 Å². The zero-order valence-corrected chi connectivity index (χ0v) is 16.5. The molecule has 3 aromatic carbocycles. The van der Waals surface area contributed by atoms with Crippen LogP contribution in [0.5, 0.6) is 17.2 Å². The number of methoxy groups -OCH3 is 3. The molecule has 0 fully saturated rings. The topological polar surface area (TPSA) is 60.0 Å². The number of hydrogen-bond acceptors (Lipinski definition) is 5. The van der Waals surface area contributed by atoms with Gasteiger partial charge in [0, 0.05) is 11.3 Å². The number of rotatable bonds is 5. The fraction of sp³-hybridized carbons (Fsp3) is 0.174. The summed E-state index contributed by atoms with van der Waals surface area (Å²) in [5, 5.41) is 3.48.